The van der Waals surface area contributed by atoms with E-state index in [1.54, 1.807) is 0 Å². The van der Waals surface area contributed by atoms with Gasteiger partial charge in [0.15, 0.2) is 0 Å². The second-order valence-corrected chi connectivity index (χ2v) is 3.49. The molecule has 0 aromatic rings. The van der Waals surface area contributed by atoms with Crippen molar-refractivity contribution in [3.63, 3.8) is 0 Å². The molecule has 1 aliphatic heterocycles. The van der Waals surface area contributed by atoms with E-state index in [2.05, 4.69) is 12.2 Å². The summed E-state index contributed by atoms with van der Waals surface area (Å²) in [6.45, 7) is 4.86. The van der Waals surface area contributed by atoms with E-state index < -0.39 is 0 Å². The monoisotopic (exact) mass is 141 g/mol. The minimum absolute atomic E-state index is 0.972. The van der Waals surface area contributed by atoms with Crippen LogP contribution in [0.4, 0.5) is 0 Å². The van der Waals surface area contributed by atoms with Crippen molar-refractivity contribution in [2.75, 3.05) is 13.1 Å². The molecule has 10 heavy (non-hydrogen) atoms. The van der Waals surface area contributed by atoms with E-state index in [4.69, 9.17) is 0 Å². The highest BCUT2D eigenvalue weighted by Crippen LogP contribution is 2.14. The zero-order valence-corrected chi connectivity index (χ0v) is 7.03. The maximum Gasteiger partial charge on any atom is -0.00488 e. The first kappa shape index (κ1) is 8.06. The fourth-order valence-corrected chi connectivity index (χ4v) is 1.59. The Hall–Kier alpha value is -0.0400. The first-order valence-corrected chi connectivity index (χ1v) is 4.60. The Morgan fingerprint density at radius 2 is 1.70 bits per heavy atom. The van der Waals surface area contributed by atoms with Gasteiger partial charge in [0.05, 0.1) is 0 Å². The SMILES string of the molecule is CC1CCCCNCCC1. The van der Waals surface area contributed by atoms with E-state index in [9.17, 15) is 0 Å². The van der Waals surface area contributed by atoms with Gasteiger partial charge in [-0.05, 0) is 38.3 Å². The molecule has 60 valence electrons. The molecule has 1 heterocycles. The molecule has 0 saturated carbocycles. The van der Waals surface area contributed by atoms with Crippen molar-refractivity contribution in [1.82, 2.24) is 5.32 Å². The third kappa shape index (κ3) is 3.21. The van der Waals surface area contributed by atoms with E-state index in [-0.39, 0.29) is 0 Å². The van der Waals surface area contributed by atoms with Crippen LogP contribution in [-0.4, -0.2) is 13.1 Å². The highest BCUT2D eigenvalue weighted by molar-refractivity contribution is 4.59. The normalized spacial score (nSPS) is 30.3. The van der Waals surface area contributed by atoms with Crippen LogP contribution >= 0.6 is 0 Å². The van der Waals surface area contributed by atoms with Gasteiger partial charge in [0.2, 0.25) is 0 Å². The van der Waals surface area contributed by atoms with Crippen molar-refractivity contribution >= 4 is 0 Å². The molecule has 0 radical (unpaired) electrons. The quantitative estimate of drug-likeness (QED) is 0.545. The molecular formula is C9H19N. The lowest BCUT2D eigenvalue weighted by molar-refractivity contribution is 0.470. The summed E-state index contributed by atoms with van der Waals surface area (Å²) in [5.74, 6) is 0.972. The summed E-state index contributed by atoms with van der Waals surface area (Å²) < 4.78 is 0. The van der Waals surface area contributed by atoms with Crippen molar-refractivity contribution in [3.8, 4) is 0 Å². The molecule has 1 atom stereocenters. The molecular weight excluding hydrogens is 122 g/mol. The molecule has 1 aliphatic rings. The minimum Gasteiger partial charge on any atom is -0.317 e. The van der Waals surface area contributed by atoms with E-state index in [1.807, 2.05) is 0 Å². The maximum atomic E-state index is 3.45. The molecule has 0 aromatic carbocycles. The molecule has 0 aromatic heterocycles. The highest BCUT2D eigenvalue weighted by Gasteiger charge is 2.03. The maximum absolute atomic E-state index is 3.45. The van der Waals surface area contributed by atoms with Gasteiger partial charge < -0.3 is 5.32 Å². The average molecular weight is 141 g/mol. The van der Waals surface area contributed by atoms with E-state index >= 15 is 0 Å². The Kier molecular flexibility index (Phi) is 3.81. The second-order valence-electron chi connectivity index (χ2n) is 3.49. The van der Waals surface area contributed by atoms with Gasteiger partial charge in [0.1, 0.15) is 0 Å². The van der Waals surface area contributed by atoms with Crippen molar-refractivity contribution in [2.24, 2.45) is 5.92 Å². The Morgan fingerprint density at radius 1 is 1.00 bits per heavy atom. The lowest BCUT2D eigenvalue weighted by Gasteiger charge is -2.06. The lowest BCUT2D eigenvalue weighted by atomic mass is 10.00. The van der Waals surface area contributed by atoms with Crippen LogP contribution < -0.4 is 5.32 Å². The number of hydrogen-bond acceptors (Lipinski definition) is 1. The average Bonchev–Trinajstić information content (AvgIpc) is 2.02. The van der Waals surface area contributed by atoms with Crippen LogP contribution in [0.3, 0.4) is 0 Å². The first-order valence-electron chi connectivity index (χ1n) is 4.60. The van der Waals surface area contributed by atoms with Gasteiger partial charge in [-0.2, -0.15) is 0 Å². The van der Waals surface area contributed by atoms with E-state index in [1.165, 1.54) is 45.2 Å². The fraction of sp³-hybridized carbons (Fsp3) is 1.00. The lowest BCUT2D eigenvalue weighted by Crippen LogP contribution is -2.15. The first-order chi connectivity index (χ1) is 4.89. The predicted octanol–water partition coefficient (Wildman–Crippen LogP) is 2.18. The largest absolute Gasteiger partial charge is 0.317 e. The molecule has 1 N–H and O–H groups in total. The molecule has 0 spiro atoms. The highest BCUT2D eigenvalue weighted by atomic mass is 14.8. The molecule has 1 saturated heterocycles. The Morgan fingerprint density at radius 3 is 2.60 bits per heavy atom. The van der Waals surface area contributed by atoms with Gasteiger partial charge in [-0.3, -0.25) is 0 Å². The summed E-state index contributed by atoms with van der Waals surface area (Å²) in [5, 5.41) is 3.45. The number of nitrogens with one attached hydrogen (secondary N) is 1. The third-order valence-electron chi connectivity index (χ3n) is 2.35. The van der Waals surface area contributed by atoms with Crippen molar-refractivity contribution in [1.29, 1.82) is 0 Å². The zero-order valence-electron chi connectivity index (χ0n) is 7.03. The van der Waals surface area contributed by atoms with E-state index in [0.717, 1.165) is 5.92 Å². The van der Waals surface area contributed by atoms with Crippen LogP contribution in [0.1, 0.15) is 39.0 Å². The van der Waals surface area contributed by atoms with Crippen molar-refractivity contribution in [3.05, 3.63) is 0 Å². The van der Waals surface area contributed by atoms with Crippen molar-refractivity contribution < 1.29 is 0 Å². The van der Waals surface area contributed by atoms with Gasteiger partial charge in [0, 0.05) is 0 Å². The molecule has 0 bridgehead atoms. The van der Waals surface area contributed by atoms with Gasteiger partial charge in [-0.25, -0.2) is 0 Å². The standard InChI is InChI=1S/C9H19N/c1-9-5-2-3-7-10-8-4-6-9/h9-10H,2-8H2,1H3. The van der Waals surface area contributed by atoms with E-state index in [0.29, 0.717) is 0 Å². The molecule has 0 aliphatic carbocycles. The summed E-state index contributed by atoms with van der Waals surface area (Å²) >= 11 is 0. The summed E-state index contributed by atoms with van der Waals surface area (Å²) in [4.78, 5) is 0. The van der Waals surface area contributed by atoms with Crippen LogP contribution in [0.2, 0.25) is 0 Å². The summed E-state index contributed by atoms with van der Waals surface area (Å²) in [6, 6.07) is 0. The minimum atomic E-state index is 0.972. The van der Waals surface area contributed by atoms with Crippen LogP contribution in [-0.2, 0) is 0 Å². The topological polar surface area (TPSA) is 12.0 Å². The predicted molar refractivity (Wildman–Crippen MR) is 45.1 cm³/mol. The van der Waals surface area contributed by atoms with Crippen LogP contribution in [0.25, 0.3) is 0 Å². The molecule has 0 amide bonds. The van der Waals surface area contributed by atoms with Gasteiger partial charge >= 0.3 is 0 Å². The third-order valence-corrected chi connectivity index (χ3v) is 2.35. The summed E-state index contributed by atoms with van der Waals surface area (Å²) in [7, 11) is 0. The van der Waals surface area contributed by atoms with Crippen LogP contribution in [0, 0.1) is 5.92 Å². The molecule has 1 heteroatoms. The molecule has 1 fully saturated rings. The number of rotatable bonds is 0. The Bertz CT molecular complexity index is 70.8. The van der Waals surface area contributed by atoms with Crippen LogP contribution in [0.15, 0.2) is 0 Å². The Balaban J connectivity index is 2.15. The smallest absolute Gasteiger partial charge is 0.00488 e. The van der Waals surface area contributed by atoms with Crippen LogP contribution in [0.5, 0.6) is 0 Å². The second kappa shape index (κ2) is 4.73. The summed E-state index contributed by atoms with van der Waals surface area (Å²) in [6.07, 6.45) is 7.05. The Labute approximate surface area is 64.2 Å². The number of hydrogen-bond donors (Lipinski definition) is 1. The molecule has 1 nitrogen and oxygen atoms in total. The summed E-state index contributed by atoms with van der Waals surface area (Å²) in [5.41, 5.74) is 0. The van der Waals surface area contributed by atoms with Gasteiger partial charge in [-0.15, -0.1) is 0 Å². The van der Waals surface area contributed by atoms with Gasteiger partial charge in [0.25, 0.3) is 0 Å². The molecule has 1 unspecified atom stereocenters. The van der Waals surface area contributed by atoms with Gasteiger partial charge in [-0.1, -0.05) is 19.8 Å². The van der Waals surface area contributed by atoms with Crippen molar-refractivity contribution in [2.45, 2.75) is 39.0 Å². The fourth-order valence-electron chi connectivity index (χ4n) is 1.59. The molecule has 1 rings (SSSR count). The zero-order chi connectivity index (χ0) is 7.23.